The van der Waals surface area contributed by atoms with Crippen molar-refractivity contribution in [2.45, 2.75) is 0 Å². The summed E-state index contributed by atoms with van der Waals surface area (Å²) < 4.78 is 13.4. The maximum Gasteiger partial charge on any atom is 0.323 e. The van der Waals surface area contributed by atoms with Gasteiger partial charge in [-0.15, -0.1) is 0 Å². The number of halogens is 1. The summed E-state index contributed by atoms with van der Waals surface area (Å²) in [5.41, 5.74) is 0.0257. The Morgan fingerprint density at radius 2 is 1.90 bits per heavy atom. The molecule has 0 heterocycles. The lowest BCUT2D eigenvalue weighted by Crippen LogP contribution is -2.42. The lowest BCUT2D eigenvalue weighted by Gasteiger charge is -2.23. The van der Waals surface area contributed by atoms with Crippen molar-refractivity contribution < 1.29 is 19.1 Å². The first kappa shape index (κ1) is 15.9. The van der Waals surface area contributed by atoms with Gasteiger partial charge in [-0.05, 0) is 26.2 Å². The van der Waals surface area contributed by atoms with Crippen LogP contribution in [0.4, 0.5) is 14.9 Å². The smallest absolute Gasteiger partial charge is 0.323 e. The molecule has 0 fully saturated rings. The van der Waals surface area contributed by atoms with Gasteiger partial charge in [-0.2, -0.15) is 0 Å². The molecule has 1 rings (SSSR count). The summed E-state index contributed by atoms with van der Waals surface area (Å²) in [5.74, 6) is -1.68. The van der Waals surface area contributed by atoms with Crippen LogP contribution in [0.5, 0.6) is 0 Å². The molecule has 2 amide bonds. The van der Waals surface area contributed by atoms with Crippen molar-refractivity contribution in [2.24, 2.45) is 0 Å². The lowest BCUT2D eigenvalue weighted by atomic mass is 10.3. The van der Waals surface area contributed by atoms with Crippen molar-refractivity contribution in [3.63, 3.8) is 0 Å². The molecule has 0 radical (unpaired) electrons. The molecule has 0 spiro atoms. The number of carbonyl (C=O) groups is 2. The van der Waals surface area contributed by atoms with Crippen molar-refractivity contribution >= 4 is 17.7 Å². The first-order valence-corrected chi connectivity index (χ1v) is 6.07. The predicted molar refractivity (Wildman–Crippen MR) is 73.2 cm³/mol. The number of urea groups is 1. The Labute approximate surface area is 116 Å². The molecule has 0 aromatic heterocycles. The molecular formula is C13H18FN3O3. The molecule has 20 heavy (non-hydrogen) atoms. The molecule has 1 aromatic rings. The van der Waals surface area contributed by atoms with Crippen molar-refractivity contribution in [3.05, 3.63) is 30.1 Å². The molecule has 0 bridgehead atoms. The molecule has 0 aliphatic heterocycles. The molecule has 7 heteroatoms. The molecule has 110 valence electrons. The van der Waals surface area contributed by atoms with E-state index in [1.807, 2.05) is 19.0 Å². The summed E-state index contributed by atoms with van der Waals surface area (Å²) in [5, 5.41) is 11.2. The number of hydrogen-bond donors (Lipinski definition) is 2. The van der Waals surface area contributed by atoms with E-state index in [-0.39, 0.29) is 12.2 Å². The molecule has 0 atom stereocenters. The summed E-state index contributed by atoms with van der Waals surface area (Å²) in [6.45, 7) is 0.311. The van der Waals surface area contributed by atoms with E-state index < -0.39 is 24.4 Å². The average Bonchev–Trinajstić information content (AvgIpc) is 2.36. The van der Waals surface area contributed by atoms with Gasteiger partial charge in [0.05, 0.1) is 5.69 Å². The Kier molecular flexibility index (Phi) is 5.92. The van der Waals surface area contributed by atoms with Gasteiger partial charge < -0.3 is 20.2 Å². The standard InChI is InChI=1S/C13H18FN3O3/c1-16(2)7-8-17(9-12(18)19)13(20)15-11-6-4-3-5-10(11)14/h3-6H,7-9H2,1-2H3,(H,15,20)(H,18,19). The van der Waals surface area contributed by atoms with Gasteiger partial charge in [0, 0.05) is 13.1 Å². The van der Waals surface area contributed by atoms with Gasteiger partial charge in [0.15, 0.2) is 0 Å². The summed E-state index contributed by atoms with van der Waals surface area (Å²) >= 11 is 0. The van der Waals surface area contributed by atoms with Crippen molar-refractivity contribution in [1.29, 1.82) is 0 Å². The number of aliphatic carboxylic acids is 1. The van der Waals surface area contributed by atoms with E-state index in [0.717, 1.165) is 4.90 Å². The normalized spacial score (nSPS) is 10.4. The lowest BCUT2D eigenvalue weighted by molar-refractivity contribution is -0.137. The monoisotopic (exact) mass is 283 g/mol. The molecule has 0 aliphatic carbocycles. The van der Waals surface area contributed by atoms with Crippen LogP contribution in [-0.2, 0) is 4.79 Å². The third-order valence-corrected chi connectivity index (χ3v) is 2.55. The topological polar surface area (TPSA) is 72.9 Å². The minimum Gasteiger partial charge on any atom is -0.480 e. The van der Waals surface area contributed by atoms with Gasteiger partial charge in [-0.1, -0.05) is 12.1 Å². The van der Waals surface area contributed by atoms with E-state index in [1.165, 1.54) is 18.2 Å². The number of nitrogens with one attached hydrogen (secondary N) is 1. The molecule has 6 nitrogen and oxygen atoms in total. The minimum atomic E-state index is -1.12. The van der Waals surface area contributed by atoms with Crippen LogP contribution in [-0.4, -0.2) is 60.6 Å². The fraction of sp³-hybridized carbons (Fsp3) is 0.385. The number of carboxylic acids is 1. The quantitative estimate of drug-likeness (QED) is 0.825. The van der Waals surface area contributed by atoms with E-state index in [9.17, 15) is 14.0 Å². The van der Waals surface area contributed by atoms with Gasteiger partial charge in [0.25, 0.3) is 0 Å². The Morgan fingerprint density at radius 1 is 1.25 bits per heavy atom. The first-order valence-electron chi connectivity index (χ1n) is 6.07. The van der Waals surface area contributed by atoms with Crippen molar-refractivity contribution in [3.8, 4) is 0 Å². The third kappa shape index (κ3) is 5.23. The van der Waals surface area contributed by atoms with Crippen LogP contribution in [0.3, 0.4) is 0 Å². The fourth-order valence-electron chi connectivity index (χ4n) is 1.49. The van der Waals surface area contributed by atoms with Crippen LogP contribution < -0.4 is 5.32 Å². The van der Waals surface area contributed by atoms with Crippen LogP contribution in [0.25, 0.3) is 0 Å². The minimum absolute atomic E-state index is 0.0257. The zero-order valence-electron chi connectivity index (χ0n) is 11.5. The Balaban J connectivity index is 2.72. The Hall–Kier alpha value is -2.15. The number of carbonyl (C=O) groups excluding carboxylic acids is 1. The highest BCUT2D eigenvalue weighted by molar-refractivity contribution is 5.91. The average molecular weight is 283 g/mol. The molecule has 0 unspecified atom stereocenters. The second-order valence-corrected chi connectivity index (χ2v) is 4.53. The number of hydrogen-bond acceptors (Lipinski definition) is 3. The summed E-state index contributed by atoms with van der Waals surface area (Å²) in [7, 11) is 3.63. The van der Waals surface area contributed by atoms with Crippen LogP contribution in [0.1, 0.15) is 0 Å². The van der Waals surface area contributed by atoms with Gasteiger partial charge in [-0.3, -0.25) is 4.79 Å². The van der Waals surface area contributed by atoms with Crippen LogP contribution in [0, 0.1) is 5.82 Å². The molecular weight excluding hydrogens is 265 g/mol. The molecule has 0 saturated carbocycles. The van der Waals surface area contributed by atoms with Gasteiger partial charge in [-0.25, -0.2) is 9.18 Å². The SMILES string of the molecule is CN(C)CCN(CC(=O)O)C(=O)Nc1ccccc1F. The Bertz CT molecular complexity index is 480. The fourth-order valence-corrected chi connectivity index (χ4v) is 1.49. The maximum atomic E-state index is 13.4. The van der Waals surface area contributed by atoms with E-state index in [0.29, 0.717) is 6.54 Å². The second-order valence-electron chi connectivity index (χ2n) is 4.53. The van der Waals surface area contributed by atoms with E-state index in [1.54, 1.807) is 6.07 Å². The summed E-state index contributed by atoms with van der Waals surface area (Å²) in [6, 6.07) is 5.08. The van der Waals surface area contributed by atoms with Crippen molar-refractivity contribution in [1.82, 2.24) is 9.80 Å². The number of amides is 2. The summed E-state index contributed by atoms with van der Waals surface area (Å²) in [4.78, 5) is 25.7. The summed E-state index contributed by atoms with van der Waals surface area (Å²) in [6.07, 6.45) is 0. The van der Waals surface area contributed by atoms with E-state index in [4.69, 9.17) is 5.11 Å². The highest BCUT2D eigenvalue weighted by Crippen LogP contribution is 2.13. The first-order chi connectivity index (χ1) is 9.40. The number of carboxylic acid groups (broad SMARTS) is 1. The zero-order chi connectivity index (χ0) is 15.1. The Morgan fingerprint density at radius 3 is 2.45 bits per heavy atom. The van der Waals surface area contributed by atoms with Crippen LogP contribution >= 0.6 is 0 Å². The molecule has 2 N–H and O–H groups in total. The number of anilines is 1. The molecule has 0 saturated heterocycles. The zero-order valence-corrected chi connectivity index (χ0v) is 11.5. The van der Waals surface area contributed by atoms with Gasteiger partial charge in [0.1, 0.15) is 12.4 Å². The molecule has 1 aromatic carbocycles. The number of benzene rings is 1. The number of para-hydroxylation sites is 1. The van der Waals surface area contributed by atoms with Gasteiger partial charge in [0.2, 0.25) is 0 Å². The maximum absolute atomic E-state index is 13.4. The second kappa shape index (κ2) is 7.44. The number of rotatable bonds is 6. The predicted octanol–water partition coefficient (Wildman–Crippen LogP) is 1.31. The van der Waals surface area contributed by atoms with Crippen LogP contribution in [0.2, 0.25) is 0 Å². The number of nitrogens with zero attached hydrogens (tertiary/aromatic N) is 2. The van der Waals surface area contributed by atoms with Crippen LogP contribution in [0.15, 0.2) is 24.3 Å². The largest absolute Gasteiger partial charge is 0.480 e. The molecule has 0 aliphatic rings. The van der Waals surface area contributed by atoms with Gasteiger partial charge >= 0.3 is 12.0 Å². The van der Waals surface area contributed by atoms with E-state index >= 15 is 0 Å². The highest BCUT2D eigenvalue weighted by Gasteiger charge is 2.17. The number of likely N-dealkylation sites (N-methyl/N-ethyl adjacent to an activating group) is 1. The highest BCUT2D eigenvalue weighted by atomic mass is 19.1. The van der Waals surface area contributed by atoms with Crippen molar-refractivity contribution in [2.75, 3.05) is 39.0 Å². The van der Waals surface area contributed by atoms with E-state index in [2.05, 4.69) is 5.32 Å². The third-order valence-electron chi connectivity index (χ3n) is 2.55.